The van der Waals surface area contributed by atoms with E-state index in [4.69, 9.17) is 4.74 Å². The molecule has 2 saturated carbocycles. The first kappa shape index (κ1) is 23.0. The Balaban J connectivity index is 1.05. The lowest BCUT2D eigenvalue weighted by Gasteiger charge is -2.42. The van der Waals surface area contributed by atoms with Gasteiger partial charge in [0, 0.05) is 37.1 Å². The smallest absolute Gasteiger partial charge is 0.223 e. The predicted octanol–water partition coefficient (Wildman–Crippen LogP) is 0.948. The monoisotopic (exact) mass is 448 g/mol. The van der Waals surface area contributed by atoms with E-state index in [0.717, 1.165) is 51.9 Å². The maximum atomic E-state index is 13.1. The van der Waals surface area contributed by atoms with E-state index in [2.05, 4.69) is 32.1 Å². The average Bonchev–Trinajstić information content (AvgIpc) is 3.33. The highest BCUT2D eigenvalue weighted by Gasteiger charge is 2.38. The molecule has 0 aromatic rings. The molecular formula is C24H44N6O2. The standard InChI is InChI=1S/C24H44N6O2/c31-24(27-20-10-13-32-21-7-2-1-6-19(20)21)17-4-3-5-18(14-17)26-15-22-28-23(30-29-22)16-8-11-25-12-9-16/h16-23,25-26,28-30H,1-15H2,(H,27,31)/t17?,18?,19?,20-,21?,22?,23?/m0/s1. The third-order valence-electron chi connectivity index (χ3n) is 8.66. The second-order valence-corrected chi connectivity index (χ2v) is 10.8. The van der Waals surface area contributed by atoms with Crippen LogP contribution in [0, 0.1) is 17.8 Å². The molecule has 32 heavy (non-hydrogen) atoms. The van der Waals surface area contributed by atoms with Gasteiger partial charge in [0.2, 0.25) is 5.91 Å². The van der Waals surface area contributed by atoms with Crippen LogP contribution in [0.15, 0.2) is 0 Å². The zero-order valence-corrected chi connectivity index (χ0v) is 19.5. The molecule has 7 atom stereocenters. The Labute approximate surface area is 193 Å². The lowest BCUT2D eigenvalue weighted by Crippen LogP contribution is -2.53. The Hall–Kier alpha value is -0.770. The van der Waals surface area contributed by atoms with Crippen molar-refractivity contribution in [1.29, 1.82) is 0 Å². The zero-order chi connectivity index (χ0) is 21.8. The molecule has 6 unspecified atom stereocenters. The predicted molar refractivity (Wildman–Crippen MR) is 125 cm³/mol. The zero-order valence-electron chi connectivity index (χ0n) is 19.5. The first-order chi connectivity index (χ1) is 15.8. The van der Waals surface area contributed by atoms with Crippen molar-refractivity contribution in [3.63, 3.8) is 0 Å². The number of hydrogen-bond acceptors (Lipinski definition) is 7. The number of piperidine rings is 1. The number of rotatable bonds is 6. The molecule has 0 radical (unpaired) electrons. The van der Waals surface area contributed by atoms with Gasteiger partial charge in [-0.2, -0.15) is 0 Å². The quantitative estimate of drug-likeness (QED) is 0.360. The molecule has 0 bridgehead atoms. The van der Waals surface area contributed by atoms with Crippen molar-refractivity contribution in [2.75, 3.05) is 26.2 Å². The van der Waals surface area contributed by atoms with Crippen molar-refractivity contribution in [3.8, 4) is 0 Å². The summed E-state index contributed by atoms with van der Waals surface area (Å²) < 4.78 is 6.00. The van der Waals surface area contributed by atoms with Crippen molar-refractivity contribution in [1.82, 2.24) is 32.1 Å². The van der Waals surface area contributed by atoms with E-state index in [1.807, 2.05) is 0 Å². The summed E-state index contributed by atoms with van der Waals surface area (Å²) >= 11 is 0. The summed E-state index contributed by atoms with van der Waals surface area (Å²) in [7, 11) is 0. The van der Waals surface area contributed by atoms with Gasteiger partial charge in [-0.3, -0.25) is 10.1 Å². The molecule has 3 heterocycles. The molecule has 1 amide bonds. The van der Waals surface area contributed by atoms with Crippen LogP contribution in [0.4, 0.5) is 0 Å². The largest absolute Gasteiger partial charge is 0.378 e. The van der Waals surface area contributed by atoms with Crippen molar-refractivity contribution >= 4 is 5.91 Å². The van der Waals surface area contributed by atoms with Crippen LogP contribution in [0.2, 0.25) is 0 Å². The number of carbonyl (C=O) groups excluding carboxylic acids is 1. The lowest BCUT2D eigenvalue weighted by atomic mass is 9.78. The molecule has 8 heteroatoms. The summed E-state index contributed by atoms with van der Waals surface area (Å²) in [6.07, 6.45) is 13.6. The fourth-order valence-corrected chi connectivity index (χ4v) is 6.76. The maximum absolute atomic E-state index is 13.1. The molecule has 182 valence electrons. The van der Waals surface area contributed by atoms with Gasteiger partial charge in [0.05, 0.1) is 18.4 Å². The molecule has 0 spiro atoms. The fraction of sp³-hybridized carbons (Fsp3) is 0.958. The van der Waals surface area contributed by atoms with E-state index in [0.29, 0.717) is 36.2 Å². The number of fused-ring (bicyclic) bond motifs is 1. The molecule has 2 aliphatic carbocycles. The molecule has 8 nitrogen and oxygen atoms in total. The summed E-state index contributed by atoms with van der Waals surface area (Å²) in [6, 6.07) is 0.748. The molecule has 0 aromatic carbocycles. The Morgan fingerprint density at radius 2 is 1.81 bits per heavy atom. The number of hydrogen-bond donors (Lipinski definition) is 6. The third-order valence-corrected chi connectivity index (χ3v) is 8.66. The van der Waals surface area contributed by atoms with Gasteiger partial charge in [0.1, 0.15) is 0 Å². The van der Waals surface area contributed by atoms with E-state index in [9.17, 15) is 4.79 Å². The van der Waals surface area contributed by atoms with Crippen molar-refractivity contribution < 1.29 is 9.53 Å². The Bertz CT molecular complexity index is 613. The third kappa shape index (κ3) is 5.65. The summed E-state index contributed by atoms with van der Waals surface area (Å²) in [4.78, 5) is 13.1. The van der Waals surface area contributed by atoms with Crippen LogP contribution in [0.1, 0.15) is 70.6 Å². The first-order valence-corrected chi connectivity index (χ1v) is 13.4. The molecule has 5 rings (SSSR count). The number of carbonyl (C=O) groups is 1. The van der Waals surface area contributed by atoms with Crippen LogP contribution in [-0.4, -0.2) is 62.7 Å². The topological polar surface area (TPSA) is 98.5 Å². The van der Waals surface area contributed by atoms with Gasteiger partial charge >= 0.3 is 0 Å². The maximum Gasteiger partial charge on any atom is 0.223 e. The van der Waals surface area contributed by atoms with Crippen LogP contribution in [0.25, 0.3) is 0 Å². The van der Waals surface area contributed by atoms with Gasteiger partial charge in [0.15, 0.2) is 0 Å². The number of hydrazine groups is 1. The normalized spacial score (nSPS) is 41.2. The minimum absolute atomic E-state index is 0.149. The number of ether oxygens (including phenoxy) is 1. The van der Waals surface area contributed by atoms with Crippen molar-refractivity contribution in [2.45, 2.75) is 101 Å². The van der Waals surface area contributed by atoms with Crippen LogP contribution < -0.4 is 32.1 Å². The van der Waals surface area contributed by atoms with E-state index >= 15 is 0 Å². The Kier molecular flexibility index (Phi) is 7.98. The summed E-state index contributed by atoms with van der Waals surface area (Å²) in [5, 5.41) is 14.4. The van der Waals surface area contributed by atoms with Gasteiger partial charge in [0.25, 0.3) is 0 Å². The molecule has 3 saturated heterocycles. The average molecular weight is 449 g/mol. The van der Waals surface area contributed by atoms with Gasteiger partial charge in [-0.25, -0.2) is 10.9 Å². The Morgan fingerprint density at radius 1 is 0.938 bits per heavy atom. The summed E-state index contributed by atoms with van der Waals surface area (Å²) in [6.45, 7) is 3.93. The second-order valence-electron chi connectivity index (χ2n) is 10.8. The first-order valence-electron chi connectivity index (χ1n) is 13.4. The van der Waals surface area contributed by atoms with E-state index in [-0.39, 0.29) is 18.0 Å². The van der Waals surface area contributed by atoms with Crippen LogP contribution in [0.5, 0.6) is 0 Å². The van der Waals surface area contributed by atoms with Crippen LogP contribution >= 0.6 is 0 Å². The number of nitrogens with one attached hydrogen (secondary N) is 6. The summed E-state index contributed by atoms with van der Waals surface area (Å²) in [5.74, 6) is 1.65. The van der Waals surface area contributed by atoms with Gasteiger partial charge in [-0.05, 0) is 70.4 Å². The molecular weight excluding hydrogens is 404 g/mol. The van der Waals surface area contributed by atoms with Crippen LogP contribution in [0.3, 0.4) is 0 Å². The van der Waals surface area contributed by atoms with Gasteiger partial charge in [-0.15, -0.1) is 0 Å². The van der Waals surface area contributed by atoms with Crippen molar-refractivity contribution in [2.24, 2.45) is 17.8 Å². The van der Waals surface area contributed by atoms with Gasteiger partial charge < -0.3 is 20.7 Å². The van der Waals surface area contributed by atoms with E-state index < -0.39 is 0 Å². The van der Waals surface area contributed by atoms with E-state index in [1.54, 1.807) is 0 Å². The van der Waals surface area contributed by atoms with Gasteiger partial charge in [-0.1, -0.05) is 19.3 Å². The summed E-state index contributed by atoms with van der Waals surface area (Å²) in [5.41, 5.74) is 6.88. The molecule has 5 aliphatic rings. The number of amides is 1. The lowest BCUT2D eigenvalue weighted by molar-refractivity contribution is -0.130. The molecule has 0 aromatic heterocycles. The molecule has 5 fully saturated rings. The minimum atomic E-state index is 0.149. The SMILES string of the molecule is O=C(N[C@H]1CCOC2CCCCC21)C1CCCC(NCC2NNC(C3CCNCC3)N2)C1. The minimum Gasteiger partial charge on any atom is -0.378 e. The second kappa shape index (κ2) is 11.1. The fourth-order valence-electron chi connectivity index (χ4n) is 6.76. The molecule has 3 aliphatic heterocycles. The highest BCUT2D eigenvalue weighted by molar-refractivity contribution is 5.79. The van der Waals surface area contributed by atoms with Crippen molar-refractivity contribution in [3.05, 3.63) is 0 Å². The van der Waals surface area contributed by atoms with E-state index in [1.165, 1.54) is 44.9 Å². The van der Waals surface area contributed by atoms with Crippen LogP contribution in [-0.2, 0) is 9.53 Å². The highest BCUT2D eigenvalue weighted by Crippen LogP contribution is 2.34. The molecule has 6 N–H and O–H groups in total. The Morgan fingerprint density at radius 3 is 2.72 bits per heavy atom. The highest BCUT2D eigenvalue weighted by atomic mass is 16.5.